The van der Waals surface area contributed by atoms with Gasteiger partial charge < -0.3 is 38.7 Å². The zero-order valence-corrected chi connectivity index (χ0v) is 26.3. The first kappa shape index (κ1) is 30.2. The topological polar surface area (TPSA) is 121 Å². The maximum Gasteiger partial charge on any atom is 0.331 e. The van der Waals surface area contributed by atoms with E-state index < -0.39 is 34.6 Å². The highest BCUT2D eigenvalue weighted by molar-refractivity contribution is 5.85. The molecule has 2 saturated heterocycles. The number of cyclic esters (lactones) is 1. The van der Waals surface area contributed by atoms with Gasteiger partial charge in [-0.3, -0.25) is 0 Å². The lowest BCUT2D eigenvalue weighted by molar-refractivity contribution is -0.278. The van der Waals surface area contributed by atoms with Crippen molar-refractivity contribution in [2.24, 2.45) is 28.6 Å². The van der Waals surface area contributed by atoms with E-state index in [0.29, 0.717) is 51.6 Å². The average Bonchev–Trinajstić information content (AvgIpc) is 3.72. The molecule has 0 bridgehead atoms. The van der Waals surface area contributed by atoms with Crippen molar-refractivity contribution in [1.29, 1.82) is 0 Å². The average molecular weight is 623 g/mol. The summed E-state index contributed by atoms with van der Waals surface area (Å²) in [5, 5.41) is 24.8. The van der Waals surface area contributed by atoms with Crippen LogP contribution in [0.15, 0.2) is 42.0 Å². The Labute approximate surface area is 264 Å². The molecule has 0 radical (unpaired) electrons. The van der Waals surface area contributed by atoms with Gasteiger partial charge in [-0.1, -0.05) is 37.3 Å². The lowest BCUT2D eigenvalue weighted by atomic mass is 9.41. The molecule has 0 aromatic heterocycles. The monoisotopic (exact) mass is 622 g/mol. The SMILES string of the molecule is C[C@H]1O[C@@H](O[C@H]2CC[C@]3(C=O)[C@H]4CC[C@]5(C)[C@@H](C6=CC(=O)OC6)CC[C@]5(O)[C@@H]4CC[C@]3(O)C2)C[C@@H]2OC(c3ccccc3)O[C@@H]21. The molecule has 9 heteroatoms. The minimum absolute atomic E-state index is 0.0839. The van der Waals surface area contributed by atoms with Crippen LogP contribution >= 0.6 is 0 Å². The maximum atomic E-state index is 13.2. The van der Waals surface area contributed by atoms with Gasteiger partial charge in [-0.25, -0.2) is 4.79 Å². The molecular weight excluding hydrogens is 576 g/mol. The van der Waals surface area contributed by atoms with E-state index >= 15 is 0 Å². The standard InChI is InChI=1S/C36H46O9/c1-21-31-28(44-32(45-31)22-6-4-3-5-7-22)17-30(42-21)43-24-8-13-34(20-37)26-9-12-33(2)25(23-16-29(38)41-19-23)11-15-36(33,40)27(26)10-14-35(34,39)18-24/h3-7,16,20-21,24-28,30-32,39-40H,8-15,17-19H2,1-2H3/t21-,24+,25-,26+,27-,28+,30+,31-,32?,33-,34+,35+,36+/m1/s1. The van der Waals surface area contributed by atoms with Crippen LogP contribution in [-0.2, 0) is 33.3 Å². The largest absolute Gasteiger partial charge is 0.458 e. The lowest BCUT2D eigenvalue weighted by Gasteiger charge is -2.65. The molecular formula is C36H46O9. The van der Waals surface area contributed by atoms with Gasteiger partial charge in [-0.15, -0.1) is 0 Å². The van der Waals surface area contributed by atoms with Crippen LogP contribution in [-0.4, -0.2) is 71.0 Å². The second kappa shape index (κ2) is 10.7. The Morgan fingerprint density at radius 2 is 1.76 bits per heavy atom. The molecule has 1 unspecified atom stereocenters. The highest BCUT2D eigenvalue weighted by Gasteiger charge is 2.71. The summed E-state index contributed by atoms with van der Waals surface area (Å²) in [6.45, 7) is 4.46. The molecule has 9 nitrogen and oxygen atoms in total. The van der Waals surface area contributed by atoms with Crippen LogP contribution < -0.4 is 0 Å². The Bertz CT molecular complexity index is 1370. The summed E-state index contributed by atoms with van der Waals surface area (Å²) in [7, 11) is 0. The van der Waals surface area contributed by atoms with Crippen molar-refractivity contribution >= 4 is 12.3 Å². The number of hydrogen-bond acceptors (Lipinski definition) is 9. The molecule has 6 fully saturated rings. The predicted octanol–water partition coefficient (Wildman–Crippen LogP) is 4.54. The zero-order valence-electron chi connectivity index (χ0n) is 26.3. The smallest absolute Gasteiger partial charge is 0.331 e. The van der Waals surface area contributed by atoms with E-state index in [4.69, 9.17) is 23.7 Å². The van der Waals surface area contributed by atoms with Crippen molar-refractivity contribution in [2.45, 2.75) is 126 Å². The van der Waals surface area contributed by atoms with Crippen molar-refractivity contribution in [3.05, 3.63) is 47.5 Å². The lowest BCUT2D eigenvalue weighted by Crippen LogP contribution is -2.69. The number of fused-ring (bicyclic) bond motifs is 6. The van der Waals surface area contributed by atoms with Crippen LogP contribution in [0.3, 0.4) is 0 Å². The molecule has 7 aliphatic rings. The summed E-state index contributed by atoms with van der Waals surface area (Å²) in [5.74, 6) is -0.401. The highest BCUT2D eigenvalue weighted by Crippen LogP contribution is 2.70. The van der Waals surface area contributed by atoms with Crippen molar-refractivity contribution in [3.63, 3.8) is 0 Å². The summed E-state index contributed by atoms with van der Waals surface area (Å²) < 4.78 is 30.6. The van der Waals surface area contributed by atoms with Gasteiger partial charge in [0.1, 0.15) is 19.0 Å². The molecule has 0 spiro atoms. The normalized spacial score (nSPS) is 50.5. The van der Waals surface area contributed by atoms with Crippen molar-refractivity contribution in [2.75, 3.05) is 6.61 Å². The molecule has 1 aromatic carbocycles. The Morgan fingerprint density at radius 1 is 0.956 bits per heavy atom. The van der Waals surface area contributed by atoms with Crippen molar-refractivity contribution in [1.82, 2.24) is 0 Å². The van der Waals surface area contributed by atoms with Gasteiger partial charge in [0.2, 0.25) is 0 Å². The number of hydrogen-bond donors (Lipinski definition) is 2. The third kappa shape index (κ3) is 4.41. The van der Waals surface area contributed by atoms with Gasteiger partial charge >= 0.3 is 5.97 Å². The molecule has 1 aromatic rings. The minimum atomic E-state index is -1.20. The highest BCUT2D eigenvalue weighted by atomic mass is 16.8. The molecule has 4 aliphatic carbocycles. The van der Waals surface area contributed by atoms with Gasteiger partial charge in [-0.05, 0) is 81.6 Å². The zero-order chi connectivity index (χ0) is 31.2. The van der Waals surface area contributed by atoms with E-state index in [1.807, 2.05) is 37.3 Å². The number of aliphatic hydroxyl groups is 2. The molecule has 0 amide bonds. The third-order valence-electron chi connectivity index (χ3n) is 13.4. The first-order valence-electron chi connectivity index (χ1n) is 17.0. The van der Waals surface area contributed by atoms with Gasteiger partial charge in [0.25, 0.3) is 0 Å². The fraction of sp³-hybridized carbons (Fsp3) is 0.722. The van der Waals surface area contributed by atoms with E-state index in [9.17, 15) is 19.8 Å². The number of rotatable bonds is 5. The Balaban J connectivity index is 0.964. The Kier molecular flexibility index (Phi) is 7.18. The fourth-order valence-electron chi connectivity index (χ4n) is 11.2. The molecule has 2 N–H and O–H groups in total. The number of ether oxygens (including phenoxy) is 5. The third-order valence-corrected chi connectivity index (χ3v) is 13.4. The molecule has 244 valence electrons. The molecule has 3 aliphatic heterocycles. The molecule has 8 rings (SSSR count). The van der Waals surface area contributed by atoms with E-state index in [1.165, 1.54) is 0 Å². The summed E-state index contributed by atoms with van der Waals surface area (Å²) in [6.07, 6.45) is 7.04. The first-order chi connectivity index (χ1) is 21.6. The summed E-state index contributed by atoms with van der Waals surface area (Å²) >= 11 is 0. The fourth-order valence-corrected chi connectivity index (χ4v) is 11.2. The predicted molar refractivity (Wildman–Crippen MR) is 160 cm³/mol. The van der Waals surface area contributed by atoms with Crippen LogP contribution in [0.4, 0.5) is 0 Å². The van der Waals surface area contributed by atoms with Crippen LogP contribution in [0.25, 0.3) is 0 Å². The molecule has 4 saturated carbocycles. The molecule has 13 atom stereocenters. The van der Waals surface area contributed by atoms with E-state index in [-0.39, 0.29) is 48.1 Å². The summed E-state index contributed by atoms with van der Waals surface area (Å²) in [4.78, 5) is 25.1. The maximum absolute atomic E-state index is 13.2. The van der Waals surface area contributed by atoms with E-state index in [2.05, 4.69) is 6.92 Å². The van der Waals surface area contributed by atoms with Crippen LogP contribution in [0.2, 0.25) is 0 Å². The Hall–Kier alpha value is -2.14. The number of carbonyl (C=O) groups excluding carboxylic acids is 2. The van der Waals surface area contributed by atoms with Crippen LogP contribution in [0, 0.1) is 28.6 Å². The number of aldehydes is 1. The number of carbonyl (C=O) groups is 2. The molecule has 3 heterocycles. The summed E-state index contributed by atoms with van der Waals surface area (Å²) in [6, 6.07) is 9.91. The van der Waals surface area contributed by atoms with Crippen LogP contribution in [0.5, 0.6) is 0 Å². The van der Waals surface area contributed by atoms with Gasteiger partial charge in [-0.2, -0.15) is 0 Å². The van der Waals surface area contributed by atoms with Gasteiger partial charge in [0, 0.05) is 29.9 Å². The van der Waals surface area contributed by atoms with Crippen molar-refractivity contribution < 1.29 is 43.5 Å². The van der Waals surface area contributed by atoms with Gasteiger partial charge in [0.05, 0.1) is 34.9 Å². The van der Waals surface area contributed by atoms with E-state index in [1.54, 1.807) is 6.08 Å². The van der Waals surface area contributed by atoms with Gasteiger partial charge in [0.15, 0.2) is 12.6 Å². The van der Waals surface area contributed by atoms with Crippen LogP contribution in [0.1, 0.15) is 89.9 Å². The Morgan fingerprint density at radius 3 is 2.51 bits per heavy atom. The first-order valence-corrected chi connectivity index (χ1v) is 17.0. The van der Waals surface area contributed by atoms with E-state index in [0.717, 1.165) is 36.7 Å². The minimum Gasteiger partial charge on any atom is -0.458 e. The quantitative estimate of drug-likeness (QED) is 0.277. The molecule has 45 heavy (non-hydrogen) atoms. The number of benzene rings is 1. The second-order valence-corrected chi connectivity index (χ2v) is 15.3. The van der Waals surface area contributed by atoms with Crippen molar-refractivity contribution in [3.8, 4) is 0 Å². The summed E-state index contributed by atoms with van der Waals surface area (Å²) in [5.41, 5.74) is -1.51. The number of esters is 1. The second-order valence-electron chi connectivity index (χ2n) is 15.3.